The number of carbonyl (C=O) groups is 1. The number of H-pyrrole nitrogens is 1. The van der Waals surface area contributed by atoms with E-state index in [1.54, 1.807) is 14.2 Å². The SMILES string of the molecule is CCc1nc(CN2CCC3(c4ccc(OC)c(OC)c4)CCC(NC(=O)Nc4ccc(F)c(F)c4)CC23)c(C)[nH]1. The van der Waals surface area contributed by atoms with Crippen molar-refractivity contribution in [1.82, 2.24) is 20.2 Å². The first-order chi connectivity index (χ1) is 19.3. The molecule has 3 atom stereocenters. The number of benzene rings is 2. The fraction of sp³-hybridized carbons (Fsp3) is 0.467. The Balaban J connectivity index is 1.39. The molecule has 1 aromatic heterocycles. The van der Waals surface area contributed by atoms with Gasteiger partial charge in [-0.1, -0.05) is 13.0 Å². The lowest BCUT2D eigenvalue weighted by Crippen LogP contribution is -2.52. The number of nitrogens with one attached hydrogen (secondary N) is 3. The summed E-state index contributed by atoms with van der Waals surface area (Å²) in [7, 11) is 3.28. The van der Waals surface area contributed by atoms with E-state index in [0.29, 0.717) is 11.5 Å². The minimum atomic E-state index is -1.00. The molecular formula is C30H37F2N5O3. The lowest BCUT2D eigenvalue weighted by atomic mass is 9.65. The summed E-state index contributed by atoms with van der Waals surface area (Å²) in [5, 5.41) is 5.71. The van der Waals surface area contributed by atoms with Gasteiger partial charge in [0, 0.05) is 47.9 Å². The molecule has 3 aromatic rings. The van der Waals surface area contributed by atoms with Crippen molar-refractivity contribution in [3.05, 3.63) is 70.8 Å². The highest BCUT2D eigenvalue weighted by molar-refractivity contribution is 5.89. The van der Waals surface area contributed by atoms with Crippen molar-refractivity contribution >= 4 is 11.7 Å². The highest BCUT2D eigenvalue weighted by Gasteiger charge is 2.52. The number of ether oxygens (including phenoxy) is 2. The Labute approximate surface area is 233 Å². The molecule has 3 N–H and O–H groups in total. The van der Waals surface area contributed by atoms with Crippen LogP contribution in [-0.4, -0.2) is 53.7 Å². The minimum Gasteiger partial charge on any atom is -0.493 e. The smallest absolute Gasteiger partial charge is 0.319 e. The second kappa shape index (κ2) is 11.4. The van der Waals surface area contributed by atoms with Gasteiger partial charge in [-0.05, 0) is 69.0 Å². The molecule has 1 aliphatic heterocycles. The first-order valence-corrected chi connectivity index (χ1v) is 13.8. The van der Waals surface area contributed by atoms with E-state index >= 15 is 0 Å². The van der Waals surface area contributed by atoms with Crippen LogP contribution in [0, 0.1) is 18.6 Å². The largest absolute Gasteiger partial charge is 0.493 e. The van der Waals surface area contributed by atoms with Crippen LogP contribution in [-0.2, 0) is 18.4 Å². The zero-order valence-corrected chi connectivity index (χ0v) is 23.4. The molecule has 2 fully saturated rings. The molecule has 0 bridgehead atoms. The quantitative estimate of drug-likeness (QED) is 0.345. The number of aryl methyl sites for hydroxylation is 2. The Morgan fingerprint density at radius 2 is 1.93 bits per heavy atom. The maximum atomic E-state index is 13.6. The van der Waals surface area contributed by atoms with Gasteiger partial charge in [0.15, 0.2) is 23.1 Å². The molecule has 2 aromatic carbocycles. The first-order valence-electron chi connectivity index (χ1n) is 13.8. The van der Waals surface area contributed by atoms with Crippen LogP contribution < -0.4 is 20.1 Å². The number of rotatable bonds is 8. The highest BCUT2D eigenvalue weighted by Crippen LogP contribution is 2.50. The number of likely N-dealkylation sites (tertiary alicyclic amines) is 1. The lowest BCUT2D eigenvalue weighted by molar-refractivity contribution is 0.130. The summed E-state index contributed by atoms with van der Waals surface area (Å²) in [4.78, 5) is 23.5. The van der Waals surface area contributed by atoms with Gasteiger partial charge in [-0.25, -0.2) is 18.6 Å². The number of hydrogen-bond donors (Lipinski definition) is 3. The predicted octanol–water partition coefficient (Wildman–Crippen LogP) is 5.46. The van der Waals surface area contributed by atoms with Gasteiger partial charge in [-0.15, -0.1) is 0 Å². The van der Waals surface area contributed by atoms with E-state index in [9.17, 15) is 13.6 Å². The maximum Gasteiger partial charge on any atom is 0.319 e. The summed E-state index contributed by atoms with van der Waals surface area (Å²) in [5.41, 5.74) is 3.42. The van der Waals surface area contributed by atoms with Gasteiger partial charge in [0.1, 0.15) is 5.82 Å². The Hall–Kier alpha value is -3.66. The number of urea groups is 1. The molecule has 2 aliphatic rings. The molecule has 40 heavy (non-hydrogen) atoms. The fourth-order valence-electron chi connectivity index (χ4n) is 6.45. The molecule has 3 unspecified atom stereocenters. The number of fused-ring (bicyclic) bond motifs is 1. The number of anilines is 1. The molecule has 10 heteroatoms. The van der Waals surface area contributed by atoms with Crippen molar-refractivity contribution < 1.29 is 23.0 Å². The van der Waals surface area contributed by atoms with Gasteiger partial charge in [0.2, 0.25) is 0 Å². The summed E-state index contributed by atoms with van der Waals surface area (Å²) in [6.45, 7) is 5.77. The zero-order valence-electron chi connectivity index (χ0n) is 23.4. The number of methoxy groups -OCH3 is 2. The van der Waals surface area contributed by atoms with Crippen LogP contribution in [0.5, 0.6) is 11.5 Å². The molecule has 2 heterocycles. The molecule has 1 saturated heterocycles. The molecule has 214 valence electrons. The molecule has 8 nitrogen and oxygen atoms in total. The third-order valence-corrected chi connectivity index (χ3v) is 8.56. The van der Waals surface area contributed by atoms with Crippen molar-refractivity contribution in [1.29, 1.82) is 0 Å². The Morgan fingerprint density at radius 1 is 1.12 bits per heavy atom. The average Bonchev–Trinajstić information content (AvgIpc) is 3.50. The fourth-order valence-corrected chi connectivity index (χ4v) is 6.45. The number of halogens is 2. The summed E-state index contributed by atoms with van der Waals surface area (Å²) < 4.78 is 38.1. The standard InChI is InChI=1S/C30H37F2N5O3/c1-5-28-33-18(2)24(36-28)17-37-13-12-30(19-6-9-25(39-3)26(14-19)40-4)11-10-21(16-27(30)37)35-29(38)34-20-7-8-22(31)23(32)15-20/h6-9,14-15,21,27H,5,10-13,16-17H2,1-4H3,(H,33,36)(H2,34,35,38). The van der Waals surface area contributed by atoms with Crippen LogP contribution in [0.2, 0.25) is 0 Å². The van der Waals surface area contributed by atoms with Gasteiger partial charge in [-0.2, -0.15) is 0 Å². The molecule has 1 saturated carbocycles. The van der Waals surface area contributed by atoms with Crippen molar-refractivity contribution in [2.24, 2.45) is 0 Å². The third-order valence-electron chi connectivity index (χ3n) is 8.56. The summed E-state index contributed by atoms with van der Waals surface area (Å²) >= 11 is 0. The molecule has 1 aliphatic carbocycles. The number of hydrogen-bond acceptors (Lipinski definition) is 5. The van der Waals surface area contributed by atoms with Gasteiger partial charge in [-0.3, -0.25) is 4.90 Å². The average molecular weight is 554 g/mol. The highest BCUT2D eigenvalue weighted by atomic mass is 19.2. The Kier molecular flexibility index (Phi) is 7.98. The van der Waals surface area contributed by atoms with E-state index in [1.165, 1.54) is 11.6 Å². The van der Waals surface area contributed by atoms with Crippen LogP contribution in [0.3, 0.4) is 0 Å². The number of carbonyl (C=O) groups excluding carboxylic acids is 1. The second-order valence-corrected chi connectivity index (χ2v) is 10.8. The Bertz CT molecular complexity index is 1380. The van der Waals surface area contributed by atoms with Gasteiger partial charge in [0.25, 0.3) is 0 Å². The summed E-state index contributed by atoms with van der Waals surface area (Å²) in [6.07, 6.45) is 4.22. The molecule has 0 spiro atoms. The van der Waals surface area contributed by atoms with E-state index in [-0.39, 0.29) is 23.2 Å². The predicted molar refractivity (Wildman–Crippen MR) is 149 cm³/mol. The third kappa shape index (κ3) is 5.37. The van der Waals surface area contributed by atoms with E-state index in [2.05, 4.69) is 46.5 Å². The molecular weight excluding hydrogens is 516 g/mol. The lowest BCUT2D eigenvalue weighted by Gasteiger charge is -2.45. The number of nitrogens with zero attached hydrogens (tertiary/aromatic N) is 2. The Morgan fingerprint density at radius 3 is 2.62 bits per heavy atom. The number of imidazole rings is 1. The topological polar surface area (TPSA) is 91.5 Å². The van der Waals surface area contributed by atoms with Crippen molar-refractivity contribution in [2.75, 3.05) is 26.1 Å². The molecule has 0 radical (unpaired) electrons. The molecule has 2 amide bonds. The van der Waals surface area contributed by atoms with Crippen molar-refractivity contribution in [3.8, 4) is 11.5 Å². The summed E-state index contributed by atoms with van der Waals surface area (Å²) in [5.74, 6) is 0.418. The van der Waals surface area contributed by atoms with Crippen LogP contribution in [0.1, 0.15) is 55.4 Å². The number of aromatic amines is 1. The number of aromatic nitrogens is 2. The van der Waals surface area contributed by atoms with Gasteiger partial charge >= 0.3 is 6.03 Å². The van der Waals surface area contributed by atoms with Crippen LogP contribution >= 0.6 is 0 Å². The monoisotopic (exact) mass is 553 g/mol. The van der Waals surface area contributed by atoms with E-state index in [1.807, 2.05) is 6.07 Å². The second-order valence-electron chi connectivity index (χ2n) is 10.8. The van der Waals surface area contributed by atoms with E-state index < -0.39 is 17.7 Å². The van der Waals surface area contributed by atoms with Crippen LogP contribution in [0.25, 0.3) is 0 Å². The molecule has 5 rings (SSSR count). The summed E-state index contributed by atoms with van der Waals surface area (Å²) in [6, 6.07) is 9.14. The number of amides is 2. The van der Waals surface area contributed by atoms with E-state index in [0.717, 1.165) is 74.5 Å². The van der Waals surface area contributed by atoms with Crippen LogP contribution in [0.4, 0.5) is 19.3 Å². The van der Waals surface area contributed by atoms with E-state index in [4.69, 9.17) is 14.5 Å². The normalized spacial score (nSPS) is 22.6. The zero-order chi connectivity index (χ0) is 28.4. The van der Waals surface area contributed by atoms with Gasteiger partial charge in [0.05, 0.1) is 19.9 Å². The van der Waals surface area contributed by atoms with Crippen molar-refractivity contribution in [2.45, 2.75) is 70.0 Å². The van der Waals surface area contributed by atoms with Gasteiger partial charge < -0.3 is 25.1 Å². The van der Waals surface area contributed by atoms with Crippen LogP contribution in [0.15, 0.2) is 36.4 Å². The van der Waals surface area contributed by atoms with Crippen molar-refractivity contribution in [3.63, 3.8) is 0 Å². The minimum absolute atomic E-state index is 0.0874. The first kappa shape index (κ1) is 27.9. The maximum absolute atomic E-state index is 13.6.